The number of aromatic nitrogens is 2. The number of rotatable bonds is 6. The van der Waals surface area contributed by atoms with Gasteiger partial charge in [0.25, 0.3) is 11.7 Å². The molecular formula is C22H27FN4O3. The van der Waals surface area contributed by atoms with Gasteiger partial charge in [-0.15, -0.1) is 0 Å². The highest BCUT2D eigenvalue weighted by Crippen LogP contribution is 2.41. The van der Waals surface area contributed by atoms with E-state index in [0.29, 0.717) is 29.9 Å². The number of carbonyl (C=O) groups excluding carboxylic acids is 2. The van der Waals surface area contributed by atoms with Crippen LogP contribution in [-0.2, 0) is 16.6 Å². The van der Waals surface area contributed by atoms with E-state index in [4.69, 9.17) is 0 Å². The van der Waals surface area contributed by atoms with Crippen LogP contribution < -0.4 is 0 Å². The summed E-state index contributed by atoms with van der Waals surface area (Å²) in [4.78, 5) is 29.2. The second-order valence-electron chi connectivity index (χ2n) is 7.84. The van der Waals surface area contributed by atoms with Crippen molar-refractivity contribution in [3.63, 3.8) is 0 Å². The zero-order valence-corrected chi connectivity index (χ0v) is 17.9. The van der Waals surface area contributed by atoms with Crippen LogP contribution in [0.25, 0.3) is 5.76 Å². The first kappa shape index (κ1) is 21.7. The van der Waals surface area contributed by atoms with Crippen LogP contribution in [0.5, 0.6) is 0 Å². The zero-order valence-electron chi connectivity index (χ0n) is 17.9. The summed E-state index contributed by atoms with van der Waals surface area (Å²) >= 11 is 0. The van der Waals surface area contributed by atoms with Crippen molar-refractivity contribution in [2.24, 2.45) is 7.05 Å². The summed E-state index contributed by atoms with van der Waals surface area (Å²) in [5, 5.41) is 15.4. The molecule has 0 radical (unpaired) electrons. The highest BCUT2D eigenvalue weighted by molar-refractivity contribution is 6.46. The van der Waals surface area contributed by atoms with E-state index in [1.165, 1.54) is 11.0 Å². The average molecular weight is 414 g/mol. The third-order valence-corrected chi connectivity index (χ3v) is 5.49. The van der Waals surface area contributed by atoms with Crippen molar-refractivity contribution in [1.29, 1.82) is 0 Å². The molecule has 160 valence electrons. The van der Waals surface area contributed by atoms with Gasteiger partial charge in [0.2, 0.25) is 0 Å². The van der Waals surface area contributed by atoms with Gasteiger partial charge >= 0.3 is 0 Å². The summed E-state index contributed by atoms with van der Waals surface area (Å²) in [6.45, 7) is 4.45. The van der Waals surface area contributed by atoms with Crippen LogP contribution in [0.2, 0.25) is 0 Å². The number of aryl methyl sites for hydroxylation is 2. The largest absolute Gasteiger partial charge is 0.507 e. The monoisotopic (exact) mass is 414 g/mol. The third kappa shape index (κ3) is 3.75. The Morgan fingerprint density at radius 1 is 1.23 bits per heavy atom. The van der Waals surface area contributed by atoms with Gasteiger partial charge in [-0.2, -0.15) is 5.10 Å². The van der Waals surface area contributed by atoms with Gasteiger partial charge in [0.1, 0.15) is 11.6 Å². The summed E-state index contributed by atoms with van der Waals surface area (Å²) < 4.78 is 16.3. The molecule has 1 aliphatic rings. The molecule has 1 aromatic heterocycles. The number of hydrogen-bond acceptors (Lipinski definition) is 5. The molecule has 3 rings (SSSR count). The van der Waals surface area contributed by atoms with Crippen molar-refractivity contribution in [2.45, 2.75) is 26.3 Å². The van der Waals surface area contributed by atoms with E-state index in [1.54, 1.807) is 43.8 Å². The lowest BCUT2D eigenvalue weighted by Gasteiger charge is -2.26. The molecule has 1 unspecified atom stereocenters. The fourth-order valence-electron chi connectivity index (χ4n) is 3.94. The Kier molecular flexibility index (Phi) is 6.07. The van der Waals surface area contributed by atoms with E-state index in [2.05, 4.69) is 5.10 Å². The zero-order chi connectivity index (χ0) is 22.2. The maximum Gasteiger partial charge on any atom is 0.295 e. The van der Waals surface area contributed by atoms with Gasteiger partial charge in [-0.3, -0.25) is 14.3 Å². The Morgan fingerprint density at radius 3 is 2.47 bits per heavy atom. The van der Waals surface area contributed by atoms with Gasteiger partial charge in [-0.05, 0) is 47.0 Å². The Balaban J connectivity index is 2.18. The number of aliphatic hydroxyl groups excluding tert-OH is 1. The second-order valence-corrected chi connectivity index (χ2v) is 7.84. The molecule has 1 amide bonds. The molecule has 1 aromatic carbocycles. The number of benzene rings is 1. The fraction of sp³-hybridized carbons (Fsp3) is 0.409. The van der Waals surface area contributed by atoms with Crippen LogP contribution in [-0.4, -0.2) is 63.6 Å². The summed E-state index contributed by atoms with van der Waals surface area (Å²) in [7, 11) is 5.56. The molecular weight excluding hydrogens is 387 g/mol. The lowest BCUT2D eigenvalue weighted by Crippen LogP contribution is -2.32. The number of hydrogen-bond donors (Lipinski definition) is 1. The second kappa shape index (κ2) is 8.39. The van der Waals surface area contributed by atoms with Gasteiger partial charge < -0.3 is 14.9 Å². The van der Waals surface area contributed by atoms with Crippen LogP contribution in [0.3, 0.4) is 0 Å². The molecule has 0 spiro atoms. The van der Waals surface area contributed by atoms with Crippen molar-refractivity contribution in [3.05, 3.63) is 58.2 Å². The summed E-state index contributed by atoms with van der Waals surface area (Å²) in [6, 6.07) is 5.04. The molecule has 1 saturated heterocycles. The van der Waals surface area contributed by atoms with Gasteiger partial charge in [0, 0.05) is 24.8 Å². The third-order valence-electron chi connectivity index (χ3n) is 5.49. The van der Waals surface area contributed by atoms with Crippen molar-refractivity contribution < 1.29 is 19.1 Å². The van der Waals surface area contributed by atoms with Crippen molar-refractivity contribution >= 4 is 17.4 Å². The minimum absolute atomic E-state index is 0.103. The van der Waals surface area contributed by atoms with E-state index >= 15 is 0 Å². The van der Waals surface area contributed by atoms with E-state index in [0.717, 1.165) is 0 Å². The summed E-state index contributed by atoms with van der Waals surface area (Å²) in [5.74, 6) is -2.40. The van der Waals surface area contributed by atoms with Crippen LogP contribution in [0.15, 0.2) is 29.8 Å². The first-order valence-electron chi connectivity index (χ1n) is 9.83. The number of nitrogens with zero attached hydrogens (tertiary/aromatic N) is 4. The number of likely N-dealkylation sites (tertiary alicyclic amines) is 1. The molecule has 0 aliphatic carbocycles. The smallest absolute Gasteiger partial charge is 0.295 e. The quantitative estimate of drug-likeness (QED) is 0.447. The van der Waals surface area contributed by atoms with Crippen LogP contribution in [0, 0.1) is 19.7 Å². The lowest BCUT2D eigenvalue weighted by molar-refractivity contribution is -0.140. The molecule has 0 saturated carbocycles. The van der Waals surface area contributed by atoms with E-state index in [1.807, 2.05) is 19.0 Å². The molecule has 0 bridgehead atoms. The lowest BCUT2D eigenvalue weighted by atomic mass is 9.94. The van der Waals surface area contributed by atoms with E-state index in [-0.39, 0.29) is 23.4 Å². The Hall–Kier alpha value is -3.00. The minimum Gasteiger partial charge on any atom is -0.507 e. The van der Waals surface area contributed by atoms with Crippen LogP contribution >= 0.6 is 0 Å². The topological polar surface area (TPSA) is 78.7 Å². The molecule has 7 nitrogen and oxygen atoms in total. The SMILES string of the molecule is Cc1nn(C)c(C)c1/C(O)=C1\C(=O)C(=O)N(CCCN(C)C)C1c1ccccc1F. The Bertz CT molecular complexity index is 1030. The van der Waals surface area contributed by atoms with Gasteiger partial charge in [0.05, 0.1) is 22.9 Å². The minimum atomic E-state index is -0.993. The van der Waals surface area contributed by atoms with Crippen molar-refractivity contribution in [1.82, 2.24) is 19.6 Å². The van der Waals surface area contributed by atoms with Gasteiger partial charge in [0.15, 0.2) is 0 Å². The number of halogens is 1. The Labute approximate surface area is 175 Å². The predicted molar refractivity (Wildman–Crippen MR) is 111 cm³/mol. The molecule has 1 N–H and O–H groups in total. The molecule has 1 fully saturated rings. The van der Waals surface area contributed by atoms with Crippen LogP contribution in [0.1, 0.15) is 35.0 Å². The first-order valence-corrected chi connectivity index (χ1v) is 9.83. The van der Waals surface area contributed by atoms with Gasteiger partial charge in [-0.25, -0.2) is 4.39 Å². The van der Waals surface area contributed by atoms with Crippen LogP contribution in [0.4, 0.5) is 4.39 Å². The number of carbonyl (C=O) groups is 2. The molecule has 30 heavy (non-hydrogen) atoms. The normalized spacial score (nSPS) is 18.6. The van der Waals surface area contributed by atoms with Gasteiger partial charge in [-0.1, -0.05) is 18.2 Å². The number of ketones is 1. The maximum atomic E-state index is 14.7. The first-order chi connectivity index (χ1) is 14.1. The van der Waals surface area contributed by atoms with E-state index in [9.17, 15) is 19.1 Å². The van der Waals surface area contributed by atoms with E-state index < -0.39 is 23.5 Å². The average Bonchev–Trinajstić information content (AvgIpc) is 3.08. The maximum absolute atomic E-state index is 14.7. The molecule has 1 aliphatic heterocycles. The van der Waals surface area contributed by atoms with Crippen molar-refractivity contribution in [3.8, 4) is 0 Å². The molecule has 1 atom stereocenters. The molecule has 2 heterocycles. The number of Topliss-reactive ketones (excluding diaryl/α,β-unsaturated/α-hetero) is 1. The number of amides is 1. The van der Waals surface area contributed by atoms with Crippen molar-refractivity contribution in [2.75, 3.05) is 27.2 Å². The molecule has 8 heteroatoms. The summed E-state index contributed by atoms with van der Waals surface area (Å²) in [6.07, 6.45) is 0.607. The Morgan fingerprint density at radius 2 is 1.90 bits per heavy atom. The summed E-state index contributed by atoms with van der Waals surface area (Å²) in [5.41, 5.74) is 1.65. The predicted octanol–water partition coefficient (Wildman–Crippen LogP) is 2.55. The number of aliphatic hydroxyl groups is 1. The highest BCUT2D eigenvalue weighted by Gasteiger charge is 2.47. The molecule has 2 aromatic rings. The highest BCUT2D eigenvalue weighted by atomic mass is 19.1. The standard InChI is InChI=1S/C22H27FN4O3/c1-13-17(14(2)26(5)24-13)20(28)18-19(15-9-6-7-10-16(15)23)27(22(30)21(18)29)12-8-11-25(3)4/h6-7,9-10,19,28H,8,11-12H2,1-5H3/b20-18+. The fourth-order valence-corrected chi connectivity index (χ4v) is 3.94.